The van der Waals surface area contributed by atoms with Crippen LogP contribution in [0.4, 0.5) is 0 Å². The zero-order valence-electron chi connectivity index (χ0n) is 9.00. The molecule has 92 valence electrons. The third kappa shape index (κ3) is 2.44. The van der Waals surface area contributed by atoms with Gasteiger partial charge in [0.2, 0.25) is 5.76 Å². The molecule has 7 nitrogen and oxygen atoms in total. The highest BCUT2D eigenvalue weighted by Gasteiger charge is 2.25. The fourth-order valence-electron chi connectivity index (χ4n) is 1.71. The lowest BCUT2D eigenvalue weighted by Crippen LogP contribution is -2.40. The van der Waals surface area contributed by atoms with Crippen LogP contribution in [0.1, 0.15) is 33.9 Å². The normalized spacial score (nSPS) is 17.1. The van der Waals surface area contributed by atoms with Crippen LogP contribution in [0, 0.1) is 0 Å². The molecule has 0 saturated carbocycles. The number of amides is 1. The first-order valence-corrected chi connectivity index (χ1v) is 5.25. The van der Waals surface area contributed by atoms with Gasteiger partial charge in [-0.3, -0.25) is 4.79 Å². The number of hydrogen-bond donors (Lipinski definition) is 2. The smallest absolute Gasteiger partial charge is 0.374 e. The summed E-state index contributed by atoms with van der Waals surface area (Å²) in [5.74, 6) is -1.98. The Balaban J connectivity index is 2.06. The van der Waals surface area contributed by atoms with Gasteiger partial charge in [0.1, 0.15) is 0 Å². The van der Waals surface area contributed by atoms with E-state index in [0.29, 0.717) is 25.9 Å². The average Bonchev–Trinajstić information content (AvgIpc) is 2.78. The van der Waals surface area contributed by atoms with Gasteiger partial charge >= 0.3 is 5.97 Å². The van der Waals surface area contributed by atoms with Crippen LogP contribution in [-0.2, 0) is 0 Å². The van der Waals surface area contributed by atoms with E-state index in [0.717, 1.165) is 6.07 Å². The number of carboxylic acids is 1. The van der Waals surface area contributed by atoms with Gasteiger partial charge in [0.25, 0.3) is 5.91 Å². The largest absolute Gasteiger partial charge is 0.475 e. The molecule has 0 radical (unpaired) electrons. The molecule has 0 unspecified atom stereocenters. The van der Waals surface area contributed by atoms with E-state index < -0.39 is 5.97 Å². The van der Waals surface area contributed by atoms with Gasteiger partial charge in [-0.05, 0) is 12.8 Å². The standard InChI is InChI=1S/C10H12N2O5/c13-6-1-3-12(4-2-6)9(14)7-5-8(10(15)16)17-11-7/h5-6,13H,1-4H2,(H,15,16). The highest BCUT2D eigenvalue weighted by Crippen LogP contribution is 2.14. The van der Waals surface area contributed by atoms with Gasteiger partial charge < -0.3 is 19.6 Å². The fraction of sp³-hybridized carbons (Fsp3) is 0.500. The minimum absolute atomic E-state index is 0.0150. The first-order chi connectivity index (χ1) is 8.08. The number of aliphatic hydroxyl groups is 1. The summed E-state index contributed by atoms with van der Waals surface area (Å²) >= 11 is 0. The monoisotopic (exact) mass is 240 g/mol. The Kier molecular flexibility index (Phi) is 3.10. The number of piperidine rings is 1. The minimum Gasteiger partial charge on any atom is -0.475 e. The second-order valence-corrected chi connectivity index (χ2v) is 3.90. The Hall–Kier alpha value is -1.89. The zero-order chi connectivity index (χ0) is 12.4. The molecule has 0 atom stereocenters. The van der Waals surface area contributed by atoms with Gasteiger partial charge in [-0.25, -0.2) is 4.79 Å². The third-order valence-electron chi connectivity index (χ3n) is 2.69. The second kappa shape index (κ2) is 4.54. The first kappa shape index (κ1) is 11.6. The molecular formula is C10H12N2O5. The average molecular weight is 240 g/mol. The van der Waals surface area contributed by atoms with E-state index in [-0.39, 0.29) is 23.5 Å². The molecule has 1 amide bonds. The van der Waals surface area contributed by atoms with Crippen molar-refractivity contribution in [3.63, 3.8) is 0 Å². The van der Waals surface area contributed by atoms with Crippen LogP contribution in [-0.4, -0.2) is 51.3 Å². The fourth-order valence-corrected chi connectivity index (χ4v) is 1.71. The first-order valence-electron chi connectivity index (χ1n) is 5.25. The maximum atomic E-state index is 11.9. The number of carbonyl (C=O) groups excluding carboxylic acids is 1. The van der Waals surface area contributed by atoms with Crippen LogP contribution in [0.2, 0.25) is 0 Å². The number of carbonyl (C=O) groups is 2. The van der Waals surface area contributed by atoms with Crippen LogP contribution < -0.4 is 0 Å². The molecule has 1 aromatic heterocycles. The number of nitrogens with zero attached hydrogens (tertiary/aromatic N) is 2. The SMILES string of the molecule is O=C(O)c1cc(C(=O)N2CCC(O)CC2)no1. The van der Waals surface area contributed by atoms with E-state index >= 15 is 0 Å². The quantitative estimate of drug-likeness (QED) is 0.752. The molecule has 7 heteroatoms. The molecule has 1 aliphatic rings. The maximum absolute atomic E-state index is 11.9. The molecule has 1 aromatic rings. The van der Waals surface area contributed by atoms with E-state index in [9.17, 15) is 14.7 Å². The Labute approximate surface area is 96.6 Å². The van der Waals surface area contributed by atoms with Crippen LogP contribution in [0.25, 0.3) is 0 Å². The number of aliphatic hydroxyl groups excluding tert-OH is 1. The van der Waals surface area contributed by atoms with Crippen molar-refractivity contribution in [3.05, 3.63) is 17.5 Å². The van der Waals surface area contributed by atoms with E-state index in [4.69, 9.17) is 5.11 Å². The highest BCUT2D eigenvalue weighted by molar-refractivity contribution is 5.94. The Morgan fingerprint density at radius 3 is 2.59 bits per heavy atom. The molecule has 17 heavy (non-hydrogen) atoms. The molecule has 2 rings (SSSR count). The van der Waals surface area contributed by atoms with Gasteiger partial charge in [0, 0.05) is 19.2 Å². The highest BCUT2D eigenvalue weighted by atomic mass is 16.5. The summed E-state index contributed by atoms with van der Waals surface area (Å²) in [5, 5.41) is 21.4. The Morgan fingerprint density at radius 1 is 1.41 bits per heavy atom. The number of hydrogen-bond acceptors (Lipinski definition) is 5. The molecule has 2 N–H and O–H groups in total. The molecule has 0 aliphatic carbocycles. The predicted molar refractivity (Wildman–Crippen MR) is 54.6 cm³/mol. The maximum Gasteiger partial charge on any atom is 0.374 e. The topological polar surface area (TPSA) is 104 Å². The molecule has 1 fully saturated rings. The van der Waals surface area contributed by atoms with E-state index in [2.05, 4.69) is 9.68 Å². The van der Waals surface area contributed by atoms with Crippen molar-refractivity contribution in [2.45, 2.75) is 18.9 Å². The van der Waals surface area contributed by atoms with Crippen molar-refractivity contribution < 1.29 is 24.3 Å². The number of aromatic carboxylic acids is 1. The third-order valence-corrected chi connectivity index (χ3v) is 2.69. The summed E-state index contributed by atoms with van der Waals surface area (Å²) in [6.45, 7) is 0.879. The van der Waals surface area contributed by atoms with Crippen LogP contribution in [0.15, 0.2) is 10.6 Å². The van der Waals surface area contributed by atoms with Crippen LogP contribution in [0.3, 0.4) is 0 Å². The number of rotatable bonds is 2. The van der Waals surface area contributed by atoms with Gasteiger partial charge in [0.15, 0.2) is 5.69 Å². The van der Waals surface area contributed by atoms with Gasteiger partial charge in [-0.2, -0.15) is 0 Å². The number of likely N-dealkylation sites (tertiary alicyclic amines) is 1. The molecule has 1 aliphatic heterocycles. The van der Waals surface area contributed by atoms with Crippen LogP contribution in [0.5, 0.6) is 0 Å². The molecule has 0 aromatic carbocycles. The molecule has 0 bridgehead atoms. The lowest BCUT2D eigenvalue weighted by Gasteiger charge is -2.28. The van der Waals surface area contributed by atoms with Crippen LogP contribution >= 0.6 is 0 Å². The van der Waals surface area contributed by atoms with Crippen molar-refractivity contribution in [1.82, 2.24) is 10.1 Å². The van der Waals surface area contributed by atoms with Crippen molar-refractivity contribution in [2.24, 2.45) is 0 Å². The van der Waals surface area contributed by atoms with E-state index in [1.54, 1.807) is 0 Å². The van der Waals surface area contributed by atoms with Gasteiger partial charge in [0.05, 0.1) is 6.10 Å². The number of carboxylic acid groups (broad SMARTS) is 1. The summed E-state index contributed by atoms with van der Waals surface area (Å²) in [7, 11) is 0. The summed E-state index contributed by atoms with van der Waals surface area (Å²) in [4.78, 5) is 24.0. The van der Waals surface area contributed by atoms with E-state index in [1.165, 1.54) is 4.90 Å². The summed E-state index contributed by atoms with van der Waals surface area (Å²) in [5.41, 5.74) is -0.0150. The number of aromatic nitrogens is 1. The summed E-state index contributed by atoms with van der Waals surface area (Å²) < 4.78 is 4.51. The minimum atomic E-state index is -1.26. The lowest BCUT2D eigenvalue weighted by molar-refractivity contribution is 0.0535. The van der Waals surface area contributed by atoms with E-state index in [1.807, 2.05) is 0 Å². The zero-order valence-corrected chi connectivity index (χ0v) is 9.00. The van der Waals surface area contributed by atoms with Crippen molar-refractivity contribution in [1.29, 1.82) is 0 Å². The van der Waals surface area contributed by atoms with Gasteiger partial charge in [-0.15, -0.1) is 0 Å². The summed E-state index contributed by atoms with van der Waals surface area (Å²) in [6, 6.07) is 1.11. The summed E-state index contributed by atoms with van der Waals surface area (Å²) in [6.07, 6.45) is 0.677. The Bertz CT molecular complexity index is 434. The second-order valence-electron chi connectivity index (χ2n) is 3.90. The molecular weight excluding hydrogens is 228 g/mol. The van der Waals surface area contributed by atoms with Crippen molar-refractivity contribution >= 4 is 11.9 Å². The lowest BCUT2D eigenvalue weighted by atomic mass is 10.1. The van der Waals surface area contributed by atoms with Crippen molar-refractivity contribution in [2.75, 3.05) is 13.1 Å². The Morgan fingerprint density at radius 2 is 2.06 bits per heavy atom. The molecule has 2 heterocycles. The van der Waals surface area contributed by atoms with Crippen molar-refractivity contribution in [3.8, 4) is 0 Å². The predicted octanol–water partition coefficient (Wildman–Crippen LogP) is -0.0303. The molecule has 0 spiro atoms. The molecule has 1 saturated heterocycles. The van der Waals surface area contributed by atoms with Gasteiger partial charge in [-0.1, -0.05) is 5.16 Å².